The van der Waals surface area contributed by atoms with E-state index in [0.29, 0.717) is 16.9 Å². The van der Waals surface area contributed by atoms with Gasteiger partial charge in [0.25, 0.3) is 0 Å². The largest absolute Gasteiger partial charge is 0.393 e. The Morgan fingerprint density at radius 3 is 2.85 bits per heavy atom. The molecular formula is C15H22BrFN2O. The first-order valence-electron chi connectivity index (χ1n) is 6.96. The van der Waals surface area contributed by atoms with E-state index in [0.717, 1.165) is 31.6 Å². The standard InChI is InChI=1S/C15H22BrFN2O/c1-18-5-6-19(2)12(10-18)9-13(20)7-11-3-4-15(17)14(16)8-11/h3-4,8,12-13,20H,5-7,9-10H2,1-2H3. The van der Waals surface area contributed by atoms with E-state index in [-0.39, 0.29) is 5.82 Å². The molecule has 112 valence electrons. The van der Waals surface area contributed by atoms with Crippen molar-refractivity contribution in [1.29, 1.82) is 0 Å². The Hall–Kier alpha value is -0.490. The molecule has 1 N–H and O–H groups in total. The second kappa shape index (κ2) is 6.98. The van der Waals surface area contributed by atoms with E-state index in [1.54, 1.807) is 12.1 Å². The van der Waals surface area contributed by atoms with Crippen molar-refractivity contribution >= 4 is 15.9 Å². The van der Waals surface area contributed by atoms with Gasteiger partial charge in [-0.15, -0.1) is 0 Å². The van der Waals surface area contributed by atoms with Crippen molar-refractivity contribution in [1.82, 2.24) is 9.80 Å². The third-order valence-electron chi connectivity index (χ3n) is 3.98. The molecule has 5 heteroatoms. The first-order valence-corrected chi connectivity index (χ1v) is 7.76. The van der Waals surface area contributed by atoms with Gasteiger partial charge < -0.3 is 14.9 Å². The van der Waals surface area contributed by atoms with E-state index in [1.165, 1.54) is 6.07 Å². The predicted molar refractivity (Wildman–Crippen MR) is 82.3 cm³/mol. The van der Waals surface area contributed by atoms with E-state index in [4.69, 9.17) is 0 Å². The predicted octanol–water partition coefficient (Wildman–Crippen LogP) is 2.13. The van der Waals surface area contributed by atoms with Gasteiger partial charge in [-0.1, -0.05) is 6.07 Å². The molecular weight excluding hydrogens is 323 g/mol. The average Bonchev–Trinajstić information content (AvgIpc) is 2.38. The Morgan fingerprint density at radius 1 is 1.40 bits per heavy atom. The van der Waals surface area contributed by atoms with Gasteiger partial charge in [-0.25, -0.2) is 4.39 Å². The number of hydrogen-bond acceptors (Lipinski definition) is 3. The zero-order chi connectivity index (χ0) is 14.7. The molecule has 0 amide bonds. The summed E-state index contributed by atoms with van der Waals surface area (Å²) in [4.78, 5) is 4.61. The molecule has 20 heavy (non-hydrogen) atoms. The van der Waals surface area contributed by atoms with Crippen molar-refractivity contribution in [3.8, 4) is 0 Å². The summed E-state index contributed by atoms with van der Waals surface area (Å²) in [6.45, 7) is 3.10. The highest BCUT2D eigenvalue weighted by atomic mass is 79.9. The van der Waals surface area contributed by atoms with Crippen LogP contribution in [0.2, 0.25) is 0 Å². The van der Waals surface area contributed by atoms with Crippen LogP contribution < -0.4 is 0 Å². The average molecular weight is 345 g/mol. The molecule has 0 aromatic heterocycles. The molecule has 1 fully saturated rings. The number of halogens is 2. The summed E-state index contributed by atoms with van der Waals surface area (Å²) in [5.74, 6) is -0.267. The van der Waals surface area contributed by atoms with Gasteiger partial charge in [0.05, 0.1) is 10.6 Å². The van der Waals surface area contributed by atoms with Gasteiger partial charge in [0.1, 0.15) is 5.82 Å². The summed E-state index contributed by atoms with van der Waals surface area (Å²) in [5.41, 5.74) is 0.956. The monoisotopic (exact) mass is 344 g/mol. The summed E-state index contributed by atoms with van der Waals surface area (Å²) in [6, 6.07) is 5.30. The summed E-state index contributed by atoms with van der Waals surface area (Å²) in [7, 11) is 4.22. The fourth-order valence-electron chi connectivity index (χ4n) is 2.69. The van der Waals surface area contributed by atoms with Crippen LogP contribution in [0.25, 0.3) is 0 Å². The molecule has 2 rings (SSSR count). The summed E-state index contributed by atoms with van der Waals surface area (Å²) < 4.78 is 13.6. The number of nitrogens with zero attached hydrogens (tertiary/aromatic N) is 2. The Kier molecular flexibility index (Phi) is 5.55. The lowest BCUT2D eigenvalue weighted by Crippen LogP contribution is -2.51. The third kappa shape index (κ3) is 4.25. The van der Waals surface area contributed by atoms with Crippen molar-refractivity contribution in [2.75, 3.05) is 33.7 Å². The SMILES string of the molecule is CN1CCN(C)C(CC(O)Cc2ccc(F)c(Br)c2)C1. The quantitative estimate of drug-likeness (QED) is 0.906. The van der Waals surface area contributed by atoms with Gasteiger partial charge in [0, 0.05) is 25.7 Å². The molecule has 1 aliphatic heterocycles. The summed E-state index contributed by atoms with van der Waals surface area (Å²) in [5, 5.41) is 10.3. The number of aliphatic hydroxyl groups is 1. The minimum absolute atomic E-state index is 0.267. The zero-order valence-corrected chi connectivity index (χ0v) is 13.6. The number of rotatable bonds is 4. The van der Waals surface area contributed by atoms with Crippen LogP contribution in [-0.4, -0.2) is 60.8 Å². The molecule has 0 spiro atoms. The van der Waals surface area contributed by atoms with E-state index in [1.807, 2.05) is 0 Å². The molecule has 1 aliphatic rings. The summed E-state index contributed by atoms with van der Waals surface area (Å²) in [6.07, 6.45) is 0.911. The minimum atomic E-state index is -0.397. The lowest BCUT2D eigenvalue weighted by molar-refractivity contribution is 0.0639. The fourth-order valence-corrected chi connectivity index (χ4v) is 3.12. The van der Waals surface area contributed by atoms with Crippen LogP contribution in [-0.2, 0) is 6.42 Å². The van der Waals surface area contributed by atoms with E-state index in [2.05, 4.69) is 39.8 Å². The Bertz CT molecular complexity index is 457. The number of piperazine rings is 1. The first kappa shape index (κ1) is 15.9. The van der Waals surface area contributed by atoms with Crippen LogP contribution >= 0.6 is 15.9 Å². The topological polar surface area (TPSA) is 26.7 Å². The maximum Gasteiger partial charge on any atom is 0.137 e. The van der Waals surface area contributed by atoms with Crippen LogP contribution in [0.5, 0.6) is 0 Å². The van der Waals surface area contributed by atoms with E-state index in [9.17, 15) is 9.50 Å². The van der Waals surface area contributed by atoms with Crippen molar-refractivity contribution in [3.05, 3.63) is 34.1 Å². The molecule has 2 atom stereocenters. The van der Waals surface area contributed by atoms with Gasteiger partial charge in [0.2, 0.25) is 0 Å². The van der Waals surface area contributed by atoms with E-state index >= 15 is 0 Å². The van der Waals surface area contributed by atoms with Crippen LogP contribution in [0.3, 0.4) is 0 Å². The van der Waals surface area contributed by atoms with Crippen molar-refractivity contribution in [2.45, 2.75) is 25.0 Å². The summed E-state index contributed by atoms with van der Waals surface area (Å²) >= 11 is 3.18. The molecule has 0 aliphatic carbocycles. The molecule has 0 radical (unpaired) electrons. The minimum Gasteiger partial charge on any atom is -0.393 e. The van der Waals surface area contributed by atoms with Gasteiger partial charge in [-0.05, 0) is 60.6 Å². The van der Waals surface area contributed by atoms with Gasteiger partial charge in [-0.2, -0.15) is 0 Å². The smallest absolute Gasteiger partial charge is 0.137 e. The van der Waals surface area contributed by atoms with Crippen LogP contribution in [0, 0.1) is 5.82 Å². The van der Waals surface area contributed by atoms with Gasteiger partial charge in [0.15, 0.2) is 0 Å². The molecule has 2 unspecified atom stereocenters. The molecule has 1 aromatic rings. The first-order chi connectivity index (χ1) is 9.45. The van der Waals surface area contributed by atoms with Crippen molar-refractivity contribution in [3.63, 3.8) is 0 Å². The Morgan fingerprint density at radius 2 is 2.15 bits per heavy atom. The maximum atomic E-state index is 13.2. The number of benzene rings is 1. The Labute approximate surface area is 128 Å². The molecule has 0 bridgehead atoms. The van der Waals surface area contributed by atoms with Crippen molar-refractivity contribution in [2.24, 2.45) is 0 Å². The molecule has 1 saturated heterocycles. The lowest BCUT2D eigenvalue weighted by atomic mass is 9.99. The van der Waals surface area contributed by atoms with Gasteiger partial charge >= 0.3 is 0 Å². The van der Waals surface area contributed by atoms with Crippen LogP contribution in [0.4, 0.5) is 4.39 Å². The highest BCUT2D eigenvalue weighted by Gasteiger charge is 2.24. The van der Waals surface area contributed by atoms with E-state index < -0.39 is 6.10 Å². The molecule has 1 heterocycles. The second-order valence-electron chi connectivity index (χ2n) is 5.74. The lowest BCUT2D eigenvalue weighted by Gasteiger charge is -2.38. The normalized spacial score (nSPS) is 22.9. The molecule has 1 aromatic carbocycles. The fraction of sp³-hybridized carbons (Fsp3) is 0.600. The third-order valence-corrected chi connectivity index (χ3v) is 4.59. The van der Waals surface area contributed by atoms with Crippen LogP contribution in [0.15, 0.2) is 22.7 Å². The second-order valence-corrected chi connectivity index (χ2v) is 6.59. The number of hydrogen-bond donors (Lipinski definition) is 1. The number of aliphatic hydroxyl groups excluding tert-OH is 1. The van der Waals surface area contributed by atoms with Gasteiger partial charge in [-0.3, -0.25) is 0 Å². The number of likely N-dealkylation sites (N-methyl/N-ethyl adjacent to an activating group) is 2. The Balaban J connectivity index is 1.91. The highest BCUT2D eigenvalue weighted by Crippen LogP contribution is 2.19. The molecule has 3 nitrogen and oxygen atoms in total. The van der Waals surface area contributed by atoms with Crippen molar-refractivity contribution < 1.29 is 9.50 Å². The van der Waals surface area contributed by atoms with Crippen LogP contribution in [0.1, 0.15) is 12.0 Å². The highest BCUT2D eigenvalue weighted by molar-refractivity contribution is 9.10. The maximum absolute atomic E-state index is 13.2. The zero-order valence-electron chi connectivity index (χ0n) is 12.0. The molecule has 0 saturated carbocycles.